The van der Waals surface area contributed by atoms with E-state index < -0.39 is 0 Å². The molecule has 0 bridgehead atoms. The zero-order valence-electron chi connectivity index (χ0n) is 10.4. The van der Waals surface area contributed by atoms with Crippen molar-refractivity contribution in [1.82, 2.24) is 5.32 Å². The summed E-state index contributed by atoms with van der Waals surface area (Å²) >= 11 is 0. The lowest BCUT2D eigenvalue weighted by molar-refractivity contribution is 0.0769. The van der Waals surface area contributed by atoms with Gasteiger partial charge in [-0.2, -0.15) is 0 Å². The van der Waals surface area contributed by atoms with Crippen molar-refractivity contribution in [2.45, 2.75) is 46.1 Å². The van der Waals surface area contributed by atoms with Crippen LogP contribution in [0.3, 0.4) is 0 Å². The monoisotopic (exact) mass is 211 g/mol. The molecule has 0 spiro atoms. The molecule has 0 aromatic carbocycles. The Morgan fingerprint density at radius 3 is 2.73 bits per heavy atom. The van der Waals surface area contributed by atoms with Gasteiger partial charge in [-0.05, 0) is 32.1 Å². The molecular weight excluding hydrogens is 186 g/mol. The lowest BCUT2D eigenvalue weighted by atomic mass is 9.97. The number of nitrogens with one attached hydrogen (secondary N) is 1. The largest absolute Gasteiger partial charge is 0.379 e. The average molecular weight is 211 g/mol. The molecule has 1 fully saturated rings. The first-order chi connectivity index (χ1) is 7.26. The number of rotatable bonds is 5. The highest BCUT2D eigenvalue weighted by molar-refractivity contribution is 5.03. The summed E-state index contributed by atoms with van der Waals surface area (Å²) in [6.07, 6.45) is 6.08. The highest BCUT2D eigenvalue weighted by Crippen LogP contribution is 2.15. The van der Waals surface area contributed by atoms with Crippen LogP contribution in [0.25, 0.3) is 0 Å². The third-order valence-electron chi connectivity index (χ3n) is 3.14. The Labute approximate surface area is 94.1 Å². The van der Waals surface area contributed by atoms with Crippen molar-refractivity contribution in [2.75, 3.05) is 19.8 Å². The fraction of sp³-hybridized carbons (Fsp3) is 0.846. The molecule has 1 saturated heterocycles. The first kappa shape index (κ1) is 12.7. The molecule has 0 radical (unpaired) electrons. The second-order valence-corrected chi connectivity index (χ2v) is 4.52. The maximum absolute atomic E-state index is 5.45. The van der Waals surface area contributed by atoms with Crippen LogP contribution in [-0.2, 0) is 4.74 Å². The van der Waals surface area contributed by atoms with Gasteiger partial charge in [0.2, 0.25) is 0 Å². The Kier molecular flexibility index (Phi) is 5.96. The van der Waals surface area contributed by atoms with E-state index in [1.165, 1.54) is 18.4 Å². The summed E-state index contributed by atoms with van der Waals surface area (Å²) in [6.45, 7) is 9.51. The molecule has 1 unspecified atom stereocenters. The van der Waals surface area contributed by atoms with Crippen LogP contribution in [0.15, 0.2) is 11.6 Å². The predicted molar refractivity (Wildman–Crippen MR) is 65.1 cm³/mol. The molecular formula is C13H25NO. The molecule has 88 valence electrons. The lowest BCUT2D eigenvalue weighted by Gasteiger charge is -2.24. The van der Waals surface area contributed by atoms with Gasteiger partial charge in [0.15, 0.2) is 0 Å². The van der Waals surface area contributed by atoms with Crippen molar-refractivity contribution >= 4 is 0 Å². The summed E-state index contributed by atoms with van der Waals surface area (Å²) in [5.41, 5.74) is 1.51. The van der Waals surface area contributed by atoms with Crippen molar-refractivity contribution in [2.24, 2.45) is 5.92 Å². The van der Waals surface area contributed by atoms with E-state index in [4.69, 9.17) is 4.74 Å². The summed E-state index contributed by atoms with van der Waals surface area (Å²) in [7, 11) is 0. The Morgan fingerprint density at radius 1 is 1.47 bits per heavy atom. The summed E-state index contributed by atoms with van der Waals surface area (Å²) in [4.78, 5) is 0. The topological polar surface area (TPSA) is 21.3 Å². The van der Waals surface area contributed by atoms with Crippen molar-refractivity contribution < 1.29 is 4.74 Å². The van der Waals surface area contributed by atoms with Gasteiger partial charge >= 0.3 is 0 Å². The lowest BCUT2D eigenvalue weighted by Crippen LogP contribution is -2.41. The maximum Gasteiger partial charge on any atom is 0.0623 e. The van der Waals surface area contributed by atoms with Crippen molar-refractivity contribution in [3.8, 4) is 0 Å². The minimum absolute atomic E-state index is 0.532. The van der Waals surface area contributed by atoms with E-state index in [-0.39, 0.29) is 0 Å². The van der Waals surface area contributed by atoms with Gasteiger partial charge in [-0.1, -0.05) is 25.5 Å². The summed E-state index contributed by atoms with van der Waals surface area (Å²) in [5, 5.41) is 3.49. The van der Waals surface area contributed by atoms with Gasteiger partial charge in [-0.15, -0.1) is 0 Å². The normalized spacial score (nSPS) is 23.5. The molecule has 1 rings (SSSR count). The van der Waals surface area contributed by atoms with E-state index in [1.54, 1.807) is 0 Å². The third kappa shape index (κ3) is 4.80. The fourth-order valence-corrected chi connectivity index (χ4v) is 2.13. The van der Waals surface area contributed by atoms with Gasteiger partial charge in [0, 0.05) is 12.6 Å². The van der Waals surface area contributed by atoms with E-state index in [0.717, 1.165) is 32.1 Å². The van der Waals surface area contributed by atoms with E-state index in [0.29, 0.717) is 6.04 Å². The van der Waals surface area contributed by atoms with Gasteiger partial charge in [0.05, 0.1) is 13.2 Å². The van der Waals surface area contributed by atoms with Gasteiger partial charge < -0.3 is 10.1 Å². The average Bonchev–Trinajstić information content (AvgIpc) is 2.27. The first-order valence-corrected chi connectivity index (χ1v) is 6.24. The van der Waals surface area contributed by atoms with Crippen LogP contribution in [0.2, 0.25) is 0 Å². The van der Waals surface area contributed by atoms with Crippen LogP contribution in [0, 0.1) is 5.92 Å². The SMILES string of the molecule is CCC(/C=C(/C)CC1COCCN1)CC. The Morgan fingerprint density at radius 2 is 2.20 bits per heavy atom. The Hall–Kier alpha value is -0.340. The highest BCUT2D eigenvalue weighted by atomic mass is 16.5. The number of hydrogen-bond donors (Lipinski definition) is 1. The molecule has 2 heteroatoms. The zero-order valence-corrected chi connectivity index (χ0v) is 10.4. The van der Waals surface area contributed by atoms with Crippen LogP contribution in [-0.4, -0.2) is 25.8 Å². The number of morpholine rings is 1. The summed E-state index contributed by atoms with van der Waals surface area (Å²) in [6, 6.07) is 0.532. The molecule has 0 amide bonds. The molecule has 1 aliphatic rings. The minimum atomic E-state index is 0.532. The third-order valence-corrected chi connectivity index (χ3v) is 3.14. The number of ether oxygens (including phenoxy) is 1. The second kappa shape index (κ2) is 7.02. The maximum atomic E-state index is 5.45. The zero-order chi connectivity index (χ0) is 11.1. The Balaban J connectivity index is 2.35. The van der Waals surface area contributed by atoms with Crippen molar-refractivity contribution in [3.63, 3.8) is 0 Å². The summed E-state index contributed by atoms with van der Waals surface area (Å²) in [5.74, 6) is 0.759. The van der Waals surface area contributed by atoms with Crippen LogP contribution >= 0.6 is 0 Å². The van der Waals surface area contributed by atoms with Crippen LogP contribution in [0.5, 0.6) is 0 Å². The molecule has 0 aliphatic carbocycles. The van der Waals surface area contributed by atoms with Gasteiger partial charge in [0.25, 0.3) is 0 Å². The molecule has 1 aliphatic heterocycles. The molecule has 1 N–H and O–H groups in total. The van der Waals surface area contributed by atoms with E-state index >= 15 is 0 Å². The van der Waals surface area contributed by atoms with Gasteiger partial charge in [0.1, 0.15) is 0 Å². The minimum Gasteiger partial charge on any atom is -0.379 e. The van der Waals surface area contributed by atoms with Crippen LogP contribution in [0.1, 0.15) is 40.0 Å². The molecule has 15 heavy (non-hydrogen) atoms. The molecule has 0 aromatic rings. The molecule has 0 aromatic heterocycles. The van der Waals surface area contributed by atoms with Crippen LogP contribution < -0.4 is 5.32 Å². The van der Waals surface area contributed by atoms with Gasteiger partial charge in [-0.25, -0.2) is 0 Å². The predicted octanol–water partition coefficient (Wildman–Crippen LogP) is 2.75. The highest BCUT2D eigenvalue weighted by Gasteiger charge is 2.13. The number of allylic oxidation sites excluding steroid dienone is 1. The second-order valence-electron chi connectivity index (χ2n) is 4.52. The molecule has 1 atom stereocenters. The van der Waals surface area contributed by atoms with Gasteiger partial charge in [-0.3, -0.25) is 0 Å². The first-order valence-electron chi connectivity index (χ1n) is 6.24. The molecule has 0 saturated carbocycles. The van der Waals surface area contributed by atoms with E-state index in [1.807, 2.05) is 0 Å². The quantitative estimate of drug-likeness (QED) is 0.706. The fourth-order valence-electron chi connectivity index (χ4n) is 2.13. The Bertz CT molecular complexity index is 191. The van der Waals surface area contributed by atoms with Crippen molar-refractivity contribution in [3.05, 3.63) is 11.6 Å². The van der Waals surface area contributed by atoms with E-state index in [9.17, 15) is 0 Å². The molecule has 2 nitrogen and oxygen atoms in total. The van der Waals surface area contributed by atoms with E-state index in [2.05, 4.69) is 32.2 Å². The smallest absolute Gasteiger partial charge is 0.0623 e. The standard InChI is InChI=1S/C13H25NO/c1-4-12(5-2)8-11(3)9-13-10-15-7-6-14-13/h8,12-14H,4-7,9-10H2,1-3H3/b11-8-. The van der Waals surface area contributed by atoms with Crippen molar-refractivity contribution in [1.29, 1.82) is 0 Å². The summed E-state index contributed by atoms with van der Waals surface area (Å²) < 4.78 is 5.45. The molecule has 1 heterocycles. The van der Waals surface area contributed by atoms with Crippen LogP contribution in [0.4, 0.5) is 0 Å². The number of hydrogen-bond acceptors (Lipinski definition) is 2.